The zero-order chi connectivity index (χ0) is 15.7. The highest BCUT2D eigenvalue weighted by Gasteiger charge is 2.34. The van der Waals surface area contributed by atoms with Crippen molar-refractivity contribution >= 4 is 39.1 Å². The van der Waals surface area contributed by atoms with Gasteiger partial charge in [-0.05, 0) is 31.5 Å². The fourth-order valence-corrected chi connectivity index (χ4v) is 3.28. The molecule has 0 amide bonds. The van der Waals surface area contributed by atoms with Gasteiger partial charge in [0.2, 0.25) is 0 Å². The summed E-state index contributed by atoms with van der Waals surface area (Å²) in [4.78, 5) is 24.1. The second kappa shape index (κ2) is 6.12. The summed E-state index contributed by atoms with van der Waals surface area (Å²) in [6, 6.07) is 5.47. The SMILES string of the molecule is CCOC(=O)CC1Nc2cc(Br)ccc2NC2=C1C(=O)CC2. The number of hydrogen-bond donors (Lipinski definition) is 2. The summed E-state index contributed by atoms with van der Waals surface area (Å²) in [6.07, 6.45) is 1.32. The third-order valence-electron chi connectivity index (χ3n) is 3.85. The van der Waals surface area contributed by atoms with E-state index in [0.717, 1.165) is 21.5 Å². The molecular formula is C16H17BrN2O3. The maximum atomic E-state index is 12.2. The second-order valence-electron chi connectivity index (χ2n) is 5.34. The molecule has 116 valence electrons. The van der Waals surface area contributed by atoms with E-state index < -0.39 is 0 Å². The first-order valence-electron chi connectivity index (χ1n) is 7.33. The van der Waals surface area contributed by atoms with Gasteiger partial charge in [-0.3, -0.25) is 9.59 Å². The molecule has 0 bridgehead atoms. The Labute approximate surface area is 137 Å². The molecule has 0 fully saturated rings. The minimum atomic E-state index is -0.355. The summed E-state index contributed by atoms with van der Waals surface area (Å²) in [5.74, 6) is -0.207. The molecule has 5 nitrogen and oxygen atoms in total. The Morgan fingerprint density at radius 1 is 1.36 bits per heavy atom. The number of carbonyl (C=O) groups excluding carboxylic acids is 2. The van der Waals surface area contributed by atoms with E-state index in [2.05, 4.69) is 26.6 Å². The van der Waals surface area contributed by atoms with Gasteiger partial charge in [0.15, 0.2) is 5.78 Å². The van der Waals surface area contributed by atoms with Gasteiger partial charge < -0.3 is 15.4 Å². The Hall–Kier alpha value is -1.82. The Balaban J connectivity index is 1.96. The maximum Gasteiger partial charge on any atom is 0.308 e. The second-order valence-corrected chi connectivity index (χ2v) is 6.25. The van der Waals surface area contributed by atoms with Crippen molar-refractivity contribution in [2.24, 2.45) is 0 Å². The van der Waals surface area contributed by atoms with Gasteiger partial charge in [-0.1, -0.05) is 15.9 Å². The van der Waals surface area contributed by atoms with Crippen molar-refractivity contribution in [1.29, 1.82) is 0 Å². The molecule has 1 aromatic rings. The van der Waals surface area contributed by atoms with Gasteiger partial charge in [0.05, 0.1) is 30.4 Å². The fraction of sp³-hybridized carbons (Fsp3) is 0.375. The van der Waals surface area contributed by atoms with E-state index in [1.807, 2.05) is 18.2 Å². The summed E-state index contributed by atoms with van der Waals surface area (Å²) < 4.78 is 5.97. The summed E-state index contributed by atoms with van der Waals surface area (Å²) in [6.45, 7) is 2.11. The zero-order valence-electron chi connectivity index (χ0n) is 12.2. The number of benzene rings is 1. The van der Waals surface area contributed by atoms with Crippen LogP contribution in [0.25, 0.3) is 0 Å². The summed E-state index contributed by atoms with van der Waals surface area (Å²) >= 11 is 3.44. The lowest BCUT2D eigenvalue weighted by Gasteiger charge is -2.19. The van der Waals surface area contributed by atoms with Gasteiger partial charge in [-0.2, -0.15) is 0 Å². The largest absolute Gasteiger partial charge is 0.466 e. The number of hydrogen-bond acceptors (Lipinski definition) is 5. The zero-order valence-corrected chi connectivity index (χ0v) is 13.8. The number of esters is 1. The van der Waals surface area contributed by atoms with Crippen molar-refractivity contribution < 1.29 is 14.3 Å². The molecule has 1 heterocycles. The molecule has 6 heteroatoms. The number of nitrogens with one attached hydrogen (secondary N) is 2. The van der Waals surface area contributed by atoms with Crippen LogP contribution in [0.1, 0.15) is 26.2 Å². The lowest BCUT2D eigenvalue weighted by atomic mass is 10.0. The summed E-state index contributed by atoms with van der Waals surface area (Å²) in [5, 5.41) is 6.66. The average Bonchev–Trinajstić information content (AvgIpc) is 2.74. The van der Waals surface area contributed by atoms with E-state index in [0.29, 0.717) is 25.0 Å². The molecule has 0 spiro atoms. The van der Waals surface area contributed by atoms with Gasteiger partial charge in [0.1, 0.15) is 0 Å². The molecule has 0 aromatic heterocycles. The summed E-state index contributed by atoms with van der Waals surface area (Å²) in [7, 11) is 0. The Kier molecular flexibility index (Phi) is 4.20. The molecule has 1 aliphatic heterocycles. The topological polar surface area (TPSA) is 67.4 Å². The number of carbonyl (C=O) groups is 2. The highest BCUT2D eigenvalue weighted by molar-refractivity contribution is 9.10. The number of halogens is 1. The van der Waals surface area contributed by atoms with Crippen LogP contribution in [0.2, 0.25) is 0 Å². The van der Waals surface area contributed by atoms with Crippen LogP contribution in [-0.2, 0) is 14.3 Å². The van der Waals surface area contributed by atoms with E-state index in [-0.39, 0.29) is 24.2 Å². The van der Waals surface area contributed by atoms with Crippen LogP contribution < -0.4 is 10.6 Å². The number of ketones is 1. The third kappa shape index (κ3) is 2.88. The molecule has 1 atom stereocenters. The van der Waals surface area contributed by atoms with Crippen LogP contribution in [0, 0.1) is 0 Å². The van der Waals surface area contributed by atoms with Gasteiger partial charge in [0, 0.05) is 22.2 Å². The van der Waals surface area contributed by atoms with Crippen molar-refractivity contribution in [3.05, 3.63) is 33.9 Å². The number of Topliss-reactive ketones (excluding diaryl/α,β-unsaturated/α-hetero) is 1. The van der Waals surface area contributed by atoms with Crippen LogP contribution >= 0.6 is 15.9 Å². The number of ether oxygens (including phenoxy) is 1. The van der Waals surface area contributed by atoms with Crippen LogP contribution in [-0.4, -0.2) is 24.4 Å². The monoisotopic (exact) mass is 364 g/mol. The molecule has 0 saturated carbocycles. The van der Waals surface area contributed by atoms with Crippen molar-refractivity contribution in [2.75, 3.05) is 17.2 Å². The fourth-order valence-electron chi connectivity index (χ4n) is 2.92. The molecular weight excluding hydrogens is 348 g/mol. The first kappa shape index (κ1) is 15.1. The van der Waals surface area contributed by atoms with Crippen molar-refractivity contribution in [3.8, 4) is 0 Å². The average molecular weight is 365 g/mol. The molecule has 22 heavy (non-hydrogen) atoms. The molecule has 3 rings (SSSR count). The van der Waals surface area contributed by atoms with Gasteiger partial charge in [-0.15, -0.1) is 0 Å². The molecule has 0 saturated heterocycles. The molecule has 1 unspecified atom stereocenters. The minimum absolute atomic E-state index is 0.0937. The van der Waals surface area contributed by atoms with E-state index in [9.17, 15) is 9.59 Å². The highest BCUT2D eigenvalue weighted by atomic mass is 79.9. The Morgan fingerprint density at radius 3 is 2.95 bits per heavy atom. The lowest BCUT2D eigenvalue weighted by Crippen LogP contribution is -2.28. The standard InChI is InChI=1S/C16H17BrN2O3/c1-2-22-15(21)8-13-16-11(5-6-14(16)20)18-10-4-3-9(17)7-12(10)19-13/h3-4,7,13,18-19H,2,5-6,8H2,1H3. The third-order valence-corrected chi connectivity index (χ3v) is 4.34. The van der Waals surface area contributed by atoms with E-state index in [1.165, 1.54) is 0 Å². The smallest absolute Gasteiger partial charge is 0.308 e. The molecule has 1 aromatic carbocycles. The van der Waals surface area contributed by atoms with E-state index >= 15 is 0 Å². The van der Waals surface area contributed by atoms with Gasteiger partial charge in [0.25, 0.3) is 0 Å². The lowest BCUT2D eigenvalue weighted by molar-refractivity contribution is -0.143. The highest BCUT2D eigenvalue weighted by Crippen LogP contribution is 2.37. The van der Waals surface area contributed by atoms with E-state index in [1.54, 1.807) is 6.92 Å². The number of rotatable bonds is 3. The number of allylic oxidation sites excluding steroid dienone is 1. The van der Waals surface area contributed by atoms with Crippen LogP contribution in [0.15, 0.2) is 33.9 Å². The van der Waals surface area contributed by atoms with Gasteiger partial charge in [-0.25, -0.2) is 0 Å². The predicted molar refractivity (Wildman–Crippen MR) is 87.7 cm³/mol. The molecule has 2 aliphatic rings. The summed E-state index contributed by atoms with van der Waals surface area (Å²) in [5.41, 5.74) is 3.37. The van der Waals surface area contributed by atoms with Crippen LogP contribution in [0.3, 0.4) is 0 Å². The number of fused-ring (bicyclic) bond motifs is 1. The molecule has 2 N–H and O–H groups in total. The van der Waals surface area contributed by atoms with E-state index in [4.69, 9.17) is 4.74 Å². The van der Waals surface area contributed by atoms with Crippen molar-refractivity contribution in [3.63, 3.8) is 0 Å². The Morgan fingerprint density at radius 2 is 2.18 bits per heavy atom. The quantitative estimate of drug-likeness (QED) is 0.806. The molecule has 1 aliphatic carbocycles. The van der Waals surface area contributed by atoms with Crippen molar-refractivity contribution in [1.82, 2.24) is 0 Å². The van der Waals surface area contributed by atoms with Crippen LogP contribution in [0.4, 0.5) is 11.4 Å². The molecule has 0 radical (unpaired) electrons. The normalized spacial score (nSPS) is 19.7. The van der Waals surface area contributed by atoms with Crippen LogP contribution in [0.5, 0.6) is 0 Å². The van der Waals surface area contributed by atoms with Crippen molar-refractivity contribution in [2.45, 2.75) is 32.2 Å². The van der Waals surface area contributed by atoms with Gasteiger partial charge >= 0.3 is 5.97 Å². The minimum Gasteiger partial charge on any atom is -0.466 e. The first-order valence-corrected chi connectivity index (χ1v) is 8.12. The first-order chi connectivity index (χ1) is 10.6. The predicted octanol–water partition coefficient (Wildman–Crippen LogP) is 3.23. The maximum absolute atomic E-state index is 12.2. The number of anilines is 2. The Bertz CT molecular complexity index is 669.